The summed E-state index contributed by atoms with van der Waals surface area (Å²) in [4.78, 5) is 22.3. The molecular formula is C13H16ClN3O4. The van der Waals surface area contributed by atoms with E-state index < -0.39 is 10.8 Å². The third-order valence-corrected chi connectivity index (χ3v) is 4.15. The molecule has 1 fully saturated rings. The Morgan fingerprint density at radius 3 is 2.71 bits per heavy atom. The van der Waals surface area contributed by atoms with Gasteiger partial charge in [-0.3, -0.25) is 14.9 Å². The first-order chi connectivity index (χ1) is 9.88. The fourth-order valence-corrected chi connectivity index (χ4v) is 2.47. The fourth-order valence-electron chi connectivity index (χ4n) is 2.25. The summed E-state index contributed by atoms with van der Waals surface area (Å²) < 4.78 is 5.40. The van der Waals surface area contributed by atoms with Gasteiger partial charge in [0.25, 0.3) is 11.6 Å². The summed E-state index contributed by atoms with van der Waals surface area (Å²) in [6.07, 6.45) is 2.82. The van der Waals surface area contributed by atoms with Crippen LogP contribution in [0.4, 0.5) is 11.4 Å². The topological polar surface area (TPSA) is 107 Å². The highest BCUT2D eigenvalue weighted by Gasteiger charge is 2.37. The van der Waals surface area contributed by atoms with Gasteiger partial charge < -0.3 is 15.8 Å². The van der Waals surface area contributed by atoms with Gasteiger partial charge in [0.2, 0.25) is 0 Å². The zero-order valence-electron chi connectivity index (χ0n) is 11.5. The van der Waals surface area contributed by atoms with E-state index in [0.717, 1.165) is 25.3 Å². The number of rotatable bonds is 5. The third kappa shape index (κ3) is 3.08. The Bertz CT molecular complexity index is 582. The molecule has 2 rings (SSSR count). The number of methoxy groups -OCH3 is 1. The Hall–Kier alpha value is -1.86. The van der Waals surface area contributed by atoms with E-state index in [0.29, 0.717) is 6.54 Å². The molecular weight excluding hydrogens is 298 g/mol. The van der Waals surface area contributed by atoms with Gasteiger partial charge in [-0.2, -0.15) is 0 Å². The lowest BCUT2D eigenvalue weighted by Crippen LogP contribution is -2.49. The fraction of sp³-hybridized carbons (Fsp3) is 0.462. The maximum absolute atomic E-state index is 12.1. The summed E-state index contributed by atoms with van der Waals surface area (Å²) in [7, 11) is 1.61. The number of halogens is 1. The number of nitro benzene ring substituents is 1. The number of anilines is 1. The molecule has 0 saturated heterocycles. The van der Waals surface area contributed by atoms with Gasteiger partial charge in [0, 0.05) is 25.3 Å². The largest absolute Gasteiger partial charge is 0.392 e. The summed E-state index contributed by atoms with van der Waals surface area (Å²) in [5, 5.41) is 13.6. The molecule has 8 heteroatoms. The second kappa shape index (κ2) is 5.87. The van der Waals surface area contributed by atoms with Crippen LogP contribution in [0.3, 0.4) is 0 Å². The van der Waals surface area contributed by atoms with Gasteiger partial charge in [-0.15, -0.1) is 0 Å². The molecule has 1 saturated carbocycles. The molecule has 0 aromatic heterocycles. The van der Waals surface area contributed by atoms with Crippen LogP contribution in [0.5, 0.6) is 0 Å². The van der Waals surface area contributed by atoms with Crippen molar-refractivity contribution in [1.29, 1.82) is 0 Å². The Balaban J connectivity index is 2.14. The number of nitrogens with one attached hydrogen (secondary N) is 1. The van der Waals surface area contributed by atoms with E-state index in [1.807, 2.05) is 0 Å². The number of nitro groups is 1. The second-order valence-corrected chi connectivity index (χ2v) is 5.48. The molecule has 0 bridgehead atoms. The van der Waals surface area contributed by atoms with Crippen molar-refractivity contribution in [2.24, 2.45) is 0 Å². The molecule has 0 spiro atoms. The van der Waals surface area contributed by atoms with E-state index in [4.69, 9.17) is 22.1 Å². The number of ether oxygens (including phenoxy) is 1. The highest BCUT2D eigenvalue weighted by Crippen LogP contribution is 2.34. The van der Waals surface area contributed by atoms with Crippen molar-refractivity contribution >= 4 is 28.9 Å². The molecule has 0 unspecified atom stereocenters. The maximum atomic E-state index is 12.1. The van der Waals surface area contributed by atoms with Gasteiger partial charge in [0.15, 0.2) is 0 Å². The zero-order chi connectivity index (χ0) is 15.6. The number of carbonyl (C=O) groups is 1. The monoisotopic (exact) mass is 313 g/mol. The standard InChI is InChI=1S/C13H16ClN3O4/c1-21-13(3-2-4-13)7-16-12(18)8-5-9(14)11(15)10(6-8)17(19)20/h5-6H,2-4,7,15H2,1H3,(H,16,18). The average molecular weight is 314 g/mol. The molecule has 1 aromatic carbocycles. The van der Waals surface area contributed by atoms with Gasteiger partial charge in [0.1, 0.15) is 5.69 Å². The van der Waals surface area contributed by atoms with Crippen molar-refractivity contribution in [1.82, 2.24) is 5.32 Å². The molecule has 7 nitrogen and oxygen atoms in total. The van der Waals surface area contributed by atoms with Crippen molar-refractivity contribution in [2.75, 3.05) is 19.4 Å². The Morgan fingerprint density at radius 2 is 2.24 bits per heavy atom. The Morgan fingerprint density at radius 1 is 1.57 bits per heavy atom. The second-order valence-electron chi connectivity index (χ2n) is 5.07. The van der Waals surface area contributed by atoms with Gasteiger partial charge in [-0.05, 0) is 25.3 Å². The number of nitrogens with two attached hydrogens (primary N) is 1. The van der Waals surface area contributed by atoms with Gasteiger partial charge >= 0.3 is 0 Å². The predicted octanol–water partition coefficient (Wildman–Crippen LogP) is 2.13. The average Bonchev–Trinajstić information content (AvgIpc) is 2.40. The highest BCUT2D eigenvalue weighted by molar-refractivity contribution is 6.34. The maximum Gasteiger partial charge on any atom is 0.294 e. The Kier molecular flexibility index (Phi) is 4.34. The molecule has 21 heavy (non-hydrogen) atoms. The first kappa shape index (κ1) is 15.5. The van der Waals surface area contributed by atoms with Crippen LogP contribution >= 0.6 is 11.6 Å². The Labute approximate surface area is 126 Å². The smallest absolute Gasteiger partial charge is 0.294 e. The van der Waals surface area contributed by atoms with Crippen molar-refractivity contribution in [3.05, 3.63) is 32.8 Å². The van der Waals surface area contributed by atoms with E-state index in [1.165, 1.54) is 6.07 Å². The van der Waals surface area contributed by atoms with Crippen molar-refractivity contribution < 1.29 is 14.5 Å². The SMILES string of the molecule is COC1(CNC(=O)c2cc(Cl)c(N)c([N+](=O)[O-])c2)CCC1. The first-order valence-electron chi connectivity index (χ1n) is 6.45. The number of hydrogen-bond acceptors (Lipinski definition) is 5. The van der Waals surface area contributed by atoms with Crippen LogP contribution in [0.1, 0.15) is 29.6 Å². The molecule has 1 aliphatic carbocycles. The number of nitrogen functional groups attached to an aromatic ring is 1. The van der Waals surface area contributed by atoms with E-state index in [2.05, 4.69) is 5.32 Å². The summed E-state index contributed by atoms with van der Waals surface area (Å²) in [5.41, 5.74) is 4.78. The summed E-state index contributed by atoms with van der Waals surface area (Å²) in [5.74, 6) is -0.441. The molecule has 0 aliphatic heterocycles. The number of nitrogens with zero attached hydrogens (tertiary/aromatic N) is 1. The minimum atomic E-state index is -0.666. The third-order valence-electron chi connectivity index (χ3n) is 3.84. The minimum absolute atomic E-state index is 0.0144. The van der Waals surface area contributed by atoms with Crippen LogP contribution in [-0.4, -0.2) is 30.1 Å². The van der Waals surface area contributed by atoms with Crippen LogP contribution < -0.4 is 11.1 Å². The van der Waals surface area contributed by atoms with Crippen LogP contribution in [0.2, 0.25) is 5.02 Å². The predicted molar refractivity (Wildman–Crippen MR) is 78.4 cm³/mol. The summed E-state index contributed by atoms with van der Waals surface area (Å²) >= 11 is 5.83. The number of carbonyl (C=O) groups excluding carboxylic acids is 1. The van der Waals surface area contributed by atoms with Crippen LogP contribution in [0.25, 0.3) is 0 Å². The minimum Gasteiger partial charge on any atom is -0.392 e. The van der Waals surface area contributed by atoms with E-state index in [1.54, 1.807) is 7.11 Å². The number of amides is 1. The van der Waals surface area contributed by atoms with Crippen molar-refractivity contribution in [3.63, 3.8) is 0 Å². The number of hydrogen-bond donors (Lipinski definition) is 2. The molecule has 114 valence electrons. The molecule has 1 aromatic rings. The van der Waals surface area contributed by atoms with Crippen LogP contribution in [0.15, 0.2) is 12.1 Å². The summed E-state index contributed by atoms with van der Waals surface area (Å²) in [6, 6.07) is 2.44. The zero-order valence-corrected chi connectivity index (χ0v) is 12.3. The van der Waals surface area contributed by atoms with Gasteiger partial charge in [-0.25, -0.2) is 0 Å². The first-order valence-corrected chi connectivity index (χ1v) is 6.83. The highest BCUT2D eigenvalue weighted by atomic mass is 35.5. The van der Waals surface area contributed by atoms with E-state index in [9.17, 15) is 14.9 Å². The lowest BCUT2D eigenvalue weighted by molar-refractivity contribution is -0.383. The lowest BCUT2D eigenvalue weighted by Gasteiger charge is -2.40. The molecule has 0 heterocycles. The number of benzene rings is 1. The van der Waals surface area contributed by atoms with Crippen molar-refractivity contribution in [2.45, 2.75) is 24.9 Å². The molecule has 0 radical (unpaired) electrons. The quantitative estimate of drug-likeness (QED) is 0.492. The van der Waals surface area contributed by atoms with Crippen LogP contribution in [0, 0.1) is 10.1 Å². The van der Waals surface area contributed by atoms with E-state index in [-0.39, 0.29) is 27.6 Å². The van der Waals surface area contributed by atoms with Crippen molar-refractivity contribution in [3.8, 4) is 0 Å². The van der Waals surface area contributed by atoms with Gasteiger partial charge in [-0.1, -0.05) is 11.6 Å². The van der Waals surface area contributed by atoms with Crippen LogP contribution in [-0.2, 0) is 4.74 Å². The van der Waals surface area contributed by atoms with E-state index >= 15 is 0 Å². The normalized spacial score (nSPS) is 16.1. The summed E-state index contributed by atoms with van der Waals surface area (Å²) in [6.45, 7) is 0.359. The molecule has 0 atom stereocenters. The van der Waals surface area contributed by atoms with Gasteiger partial charge in [0.05, 0.1) is 15.5 Å². The molecule has 3 N–H and O–H groups in total. The molecule has 1 aliphatic rings. The molecule has 1 amide bonds. The lowest BCUT2D eigenvalue weighted by atomic mass is 9.80.